The fourth-order valence-electron chi connectivity index (χ4n) is 4.34. The van der Waals surface area contributed by atoms with Crippen LogP contribution in [0, 0.1) is 12.8 Å². The lowest BCUT2D eigenvalue weighted by molar-refractivity contribution is -0.139. The largest absolute Gasteiger partial charge is 0.492 e. The number of hydrogen-bond donors (Lipinski definition) is 1. The molecule has 0 heterocycles. The molecule has 0 fully saturated rings. The lowest BCUT2D eigenvalue weighted by Crippen LogP contribution is -2.51. The van der Waals surface area contributed by atoms with Crippen LogP contribution < -0.4 is 14.4 Å². The molecule has 3 rings (SSSR count). The quantitative estimate of drug-likeness (QED) is 0.242. The second-order valence-corrected chi connectivity index (χ2v) is 13.1. The highest BCUT2D eigenvalue weighted by molar-refractivity contribution is 7.98. The Morgan fingerprint density at radius 3 is 2.21 bits per heavy atom. The first-order valence-electron chi connectivity index (χ1n) is 14.0. The monoisotopic (exact) mass is 611 g/mol. The smallest absolute Gasteiger partial charge is 0.264 e. The van der Waals surface area contributed by atoms with Crippen LogP contribution in [0.5, 0.6) is 5.75 Å². The number of carbonyl (C=O) groups is 2. The van der Waals surface area contributed by atoms with Gasteiger partial charge in [-0.1, -0.05) is 50.2 Å². The molecule has 226 valence electrons. The van der Waals surface area contributed by atoms with Crippen molar-refractivity contribution in [1.29, 1.82) is 0 Å². The summed E-state index contributed by atoms with van der Waals surface area (Å²) in [7, 11) is -4.20. The van der Waals surface area contributed by atoms with Gasteiger partial charge in [-0.05, 0) is 80.5 Å². The van der Waals surface area contributed by atoms with Crippen LogP contribution in [0.3, 0.4) is 0 Å². The van der Waals surface area contributed by atoms with Gasteiger partial charge >= 0.3 is 0 Å². The Morgan fingerprint density at radius 1 is 0.952 bits per heavy atom. The third-order valence-electron chi connectivity index (χ3n) is 6.81. The third kappa shape index (κ3) is 8.29. The predicted molar refractivity (Wildman–Crippen MR) is 169 cm³/mol. The van der Waals surface area contributed by atoms with E-state index in [9.17, 15) is 18.0 Å². The molecular formula is C32H41N3O5S2. The topological polar surface area (TPSA) is 96.0 Å². The van der Waals surface area contributed by atoms with Crippen LogP contribution in [0.15, 0.2) is 82.6 Å². The zero-order valence-electron chi connectivity index (χ0n) is 25.2. The number of carbonyl (C=O) groups excluding carboxylic acids is 2. The fourth-order valence-corrected chi connectivity index (χ4v) is 6.17. The summed E-state index contributed by atoms with van der Waals surface area (Å²) < 4.78 is 35.2. The van der Waals surface area contributed by atoms with E-state index in [4.69, 9.17) is 4.74 Å². The zero-order valence-corrected chi connectivity index (χ0v) is 26.8. The van der Waals surface area contributed by atoms with Gasteiger partial charge in [0.2, 0.25) is 11.8 Å². The number of nitrogens with zero attached hydrogens (tertiary/aromatic N) is 2. The SMILES string of the molecule is CCOc1ccccc1N(CC(=O)N(Cc1ccccc1C)[C@H](C)C(=O)NCC(C)C)S(=O)(=O)c1ccc(SC)cc1. The molecule has 8 nitrogen and oxygen atoms in total. The predicted octanol–water partition coefficient (Wildman–Crippen LogP) is 5.50. The zero-order chi connectivity index (χ0) is 30.9. The number of amides is 2. The molecule has 0 spiro atoms. The van der Waals surface area contributed by atoms with Gasteiger partial charge in [-0.3, -0.25) is 13.9 Å². The molecule has 10 heteroatoms. The van der Waals surface area contributed by atoms with E-state index in [0.717, 1.165) is 20.3 Å². The van der Waals surface area contributed by atoms with Crippen molar-refractivity contribution in [2.45, 2.75) is 57.0 Å². The molecule has 3 aromatic rings. The maximum atomic E-state index is 14.2. The summed E-state index contributed by atoms with van der Waals surface area (Å²) in [6, 6.07) is 20.1. The van der Waals surface area contributed by atoms with Crippen LogP contribution in [-0.2, 0) is 26.2 Å². The van der Waals surface area contributed by atoms with E-state index in [0.29, 0.717) is 18.9 Å². The Balaban J connectivity index is 2.08. The molecule has 0 saturated carbocycles. The van der Waals surface area contributed by atoms with Crippen LogP contribution in [-0.4, -0.2) is 57.1 Å². The van der Waals surface area contributed by atoms with E-state index in [2.05, 4.69) is 5.32 Å². The molecule has 3 aromatic carbocycles. The van der Waals surface area contributed by atoms with Crippen molar-refractivity contribution in [1.82, 2.24) is 10.2 Å². The van der Waals surface area contributed by atoms with Crippen LogP contribution in [0.4, 0.5) is 5.69 Å². The second kappa shape index (κ2) is 15.1. The van der Waals surface area contributed by atoms with Gasteiger partial charge in [0, 0.05) is 18.0 Å². The number of sulfonamides is 1. The van der Waals surface area contributed by atoms with E-state index >= 15 is 0 Å². The summed E-state index contributed by atoms with van der Waals surface area (Å²) in [6.45, 7) is 9.79. The van der Waals surface area contributed by atoms with E-state index in [-0.39, 0.29) is 29.0 Å². The molecule has 1 atom stereocenters. The molecule has 0 aliphatic rings. The molecule has 0 aliphatic heterocycles. The van der Waals surface area contributed by atoms with Crippen LogP contribution in [0.25, 0.3) is 0 Å². The molecule has 0 bridgehead atoms. The summed E-state index contributed by atoms with van der Waals surface area (Å²) in [6.07, 6.45) is 1.91. The van der Waals surface area contributed by atoms with Crippen LogP contribution in [0.2, 0.25) is 0 Å². The van der Waals surface area contributed by atoms with Gasteiger partial charge in [0.25, 0.3) is 10.0 Å². The molecule has 2 amide bonds. The highest BCUT2D eigenvalue weighted by Crippen LogP contribution is 2.33. The molecular weight excluding hydrogens is 571 g/mol. The van der Waals surface area contributed by atoms with E-state index in [1.807, 2.05) is 58.2 Å². The van der Waals surface area contributed by atoms with Crippen LogP contribution in [0.1, 0.15) is 38.8 Å². The number of benzene rings is 3. The van der Waals surface area contributed by atoms with Crippen molar-refractivity contribution < 1.29 is 22.7 Å². The Morgan fingerprint density at radius 2 is 1.60 bits per heavy atom. The minimum absolute atomic E-state index is 0.0487. The van der Waals surface area contributed by atoms with Gasteiger partial charge in [-0.15, -0.1) is 11.8 Å². The summed E-state index contributed by atoms with van der Waals surface area (Å²) >= 11 is 1.50. The maximum absolute atomic E-state index is 14.2. The summed E-state index contributed by atoms with van der Waals surface area (Å²) in [4.78, 5) is 29.8. The molecule has 0 saturated heterocycles. The number of nitrogens with one attached hydrogen (secondary N) is 1. The summed E-state index contributed by atoms with van der Waals surface area (Å²) in [5, 5.41) is 2.91. The standard InChI is InChI=1S/C32H41N3O5S2/c1-7-40-30-15-11-10-14-29(30)35(42(38,39)28-18-16-27(41-6)17-19-28)22-31(36)34(21-26-13-9-8-12-24(26)4)25(5)32(37)33-20-23(2)3/h8-19,23,25H,7,20-22H2,1-6H3,(H,33,37)/t25-/m1/s1. The van der Waals surface area contributed by atoms with E-state index in [1.54, 1.807) is 43.3 Å². The van der Waals surface area contributed by atoms with Gasteiger partial charge in [0.15, 0.2) is 0 Å². The Bertz CT molecular complexity index is 1460. The van der Waals surface area contributed by atoms with Crippen molar-refractivity contribution in [3.8, 4) is 5.75 Å². The van der Waals surface area contributed by atoms with Gasteiger partial charge in [-0.2, -0.15) is 0 Å². The van der Waals surface area contributed by atoms with Crippen molar-refractivity contribution in [2.24, 2.45) is 5.92 Å². The van der Waals surface area contributed by atoms with Crippen molar-refractivity contribution in [3.63, 3.8) is 0 Å². The number of anilines is 1. The number of thioether (sulfide) groups is 1. The first-order valence-corrected chi connectivity index (χ1v) is 16.7. The molecule has 0 radical (unpaired) electrons. The lowest BCUT2D eigenvalue weighted by Gasteiger charge is -2.32. The fraction of sp³-hybridized carbons (Fsp3) is 0.375. The second-order valence-electron chi connectivity index (χ2n) is 10.4. The summed E-state index contributed by atoms with van der Waals surface area (Å²) in [5.41, 5.74) is 2.07. The van der Waals surface area contributed by atoms with Gasteiger partial charge in [0.05, 0.1) is 17.2 Å². The van der Waals surface area contributed by atoms with Gasteiger partial charge < -0.3 is 15.0 Å². The number of hydrogen-bond acceptors (Lipinski definition) is 6. The number of para-hydroxylation sites is 2. The Labute approximate surface area is 254 Å². The third-order valence-corrected chi connectivity index (χ3v) is 9.33. The van der Waals surface area contributed by atoms with E-state index < -0.39 is 28.5 Å². The number of rotatable bonds is 14. The van der Waals surface area contributed by atoms with E-state index in [1.165, 1.54) is 28.8 Å². The molecule has 0 unspecified atom stereocenters. The average Bonchev–Trinajstić information content (AvgIpc) is 2.98. The molecule has 1 N–H and O–H groups in total. The van der Waals surface area contributed by atoms with Crippen molar-refractivity contribution >= 4 is 39.3 Å². The number of aryl methyl sites for hydroxylation is 1. The number of ether oxygens (including phenoxy) is 1. The first-order chi connectivity index (χ1) is 20.0. The maximum Gasteiger partial charge on any atom is 0.264 e. The minimum atomic E-state index is -4.20. The Kier molecular flexibility index (Phi) is 11.9. The Hall–Kier alpha value is -3.50. The molecule has 42 heavy (non-hydrogen) atoms. The van der Waals surface area contributed by atoms with Gasteiger partial charge in [0.1, 0.15) is 18.3 Å². The highest BCUT2D eigenvalue weighted by Gasteiger charge is 2.34. The highest BCUT2D eigenvalue weighted by atomic mass is 32.2. The van der Waals surface area contributed by atoms with Gasteiger partial charge in [-0.25, -0.2) is 8.42 Å². The first kappa shape index (κ1) is 33.0. The molecule has 0 aromatic heterocycles. The van der Waals surface area contributed by atoms with Crippen molar-refractivity contribution in [3.05, 3.63) is 83.9 Å². The lowest BCUT2D eigenvalue weighted by atomic mass is 10.1. The van der Waals surface area contributed by atoms with Crippen LogP contribution >= 0.6 is 11.8 Å². The average molecular weight is 612 g/mol. The van der Waals surface area contributed by atoms with Crippen molar-refractivity contribution in [2.75, 3.05) is 30.3 Å². The molecule has 0 aliphatic carbocycles. The summed E-state index contributed by atoms with van der Waals surface area (Å²) in [5.74, 6) is -0.247. The normalized spacial score (nSPS) is 12.1. The minimum Gasteiger partial charge on any atom is -0.492 e.